The molecule has 0 aliphatic heterocycles. The van der Waals surface area contributed by atoms with E-state index in [0.29, 0.717) is 17.1 Å². The van der Waals surface area contributed by atoms with E-state index in [9.17, 15) is 0 Å². The smallest absolute Gasteiger partial charge is 0.131 e. The first-order chi connectivity index (χ1) is 13.2. The summed E-state index contributed by atoms with van der Waals surface area (Å²) in [5.41, 5.74) is 2.98. The summed E-state index contributed by atoms with van der Waals surface area (Å²) < 4.78 is 1.72. The van der Waals surface area contributed by atoms with Crippen LogP contribution in [0.3, 0.4) is 0 Å². The summed E-state index contributed by atoms with van der Waals surface area (Å²) in [7, 11) is 1.86. The van der Waals surface area contributed by atoms with E-state index in [4.69, 9.17) is 5.26 Å². The molecule has 128 valence electrons. The van der Waals surface area contributed by atoms with Crippen LogP contribution in [0, 0.1) is 23.2 Å². The third-order valence-corrected chi connectivity index (χ3v) is 3.96. The van der Waals surface area contributed by atoms with Crippen molar-refractivity contribution in [2.45, 2.75) is 0 Å². The van der Waals surface area contributed by atoms with E-state index in [2.05, 4.69) is 38.3 Å². The molecule has 0 saturated carbocycles. The Morgan fingerprint density at radius 1 is 1.00 bits per heavy atom. The lowest BCUT2D eigenvalue weighted by atomic mass is 10.1. The fourth-order valence-electron chi connectivity index (χ4n) is 2.63. The molecule has 4 rings (SSSR count). The number of nitrogens with one attached hydrogen (secondary N) is 1. The zero-order chi connectivity index (χ0) is 18.6. The Morgan fingerprint density at radius 2 is 1.81 bits per heavy atom. The molecule has 0 aliphatic rings. The van der Waals surface area contributed by atoms with E-state index >= 15 is 0 Å². The Kier molecular flexibility index (Phi) is 4.22. The van der Waals surface area contributed by atoms with Crippen LogP contribution in [0.1, 0.15) is 16.8 Å². The number of aryl methyl sites for hydroxylation is 1. The minimum absolute atomic E-state index is 0.612. The van der Waals surface area contributed by atoms with Gasteiger partial charge in [0, 0.05) is 42.0 Å². The molecule has 0 radical (unpaired) electrons. The zero-order valence-electron chi connectivity index (χ0n) is 14.5. The van der Waals surface area contributed by atoms with E-state index in [1.807, 2.05) is 37.5 Å². The molecule has 6 heteroatoms. The second kappa shape index (κ2) is 6.99. The third kappa shape index (κ3) is 3.60. The quantitative estimate of drug-likeness (QED) is 0.561. The van der Waals surface area contributed by atoms with Crippen molar-refractivity contribution in [3.63, 3.8) is 0 Å². The highest BCUT2D eigenvalue weighted by molar-refractivity contribution is 5.88. The number of pyridine rings is 2. The predicted octanol–water partition coefficient (Wildman–Crippen LogP) is 3.38. The van der Waals surface area contributed by atoms with Crippen LogP contribution in [0.5, 0.6) is 0 Å². The number of aromatic nitrogens is 4. The number of benzene rings is 1. The Balaban J connectivity index is 1.69. The largest absolute Gasteiger partial charge is 0.338 e. The van der Waals surface area contributed by atoms with Gasteiger partial charge in [-0.05, 0) is 42.3 Å². The highest BCUT2D eigenvalue weighted by Crippen LogP contribution is 2.21. The Labute approximate surface area is 156 Å². The van der Waals surface area contributed by atoms with Gasteiger partial charge in [-0.15, -0.1) is 0 Å². The molecule has 3 aromatic heterocycles. The molecule has 0 saturated heterocycles. The van der Waals surface area contributed by atoms with E-state index in [1.54, 1.807) is 35.4 Å². The van der Waals surface area contributed by atoms with E-state index in [0.717, 1.165) is 22.0 Å². The van der Waals surface area contributed by atoms with Crippen LogP contribution in [0.25, 0.3) is 10.8 Å². The number of hydrogen-bond acceptors (Lipinski definition) is 5. The fraction of sp³-hybridized carbons (Fsp3) is 0.0476. The number of nitriles is 1. The van der Waals surface area contributed by atoms with Gasteiger partial charge in [0.15, 0.2) is 0 Å². The van der Waals surface area contributed by atoms with Crippen LogP contribution in [0.15, 0.2) is 61.2 Å². The first-order valence-corrected chi connectivity index (χ1v) is 8.24. The molecule has 27 heavy (non-hydrogen) atoms. The van der Waals surface area contributed by atoms with Crippen molar-refractivity contribution in [1.82, 2.24) is 19.7 Å². The van der Waals surface area contributed by atoms with Crippen molar-refractivity contribution in [2.24, 2.45) is 7.05 Å². The maximum absolute atomic E-state index is 8.87. The van der Waals surface area contributed by atoms with Gasteiger partial charge in [-0.3, -0.25) is 4.68 Å². The molecule has 4 aromatic rings. The lowest BCUT2D eigenvalue weighted by Crippen LogP contribution is -1.94. The summed E-state index contributed by atoms with van der Waals surface area (Å²) >= 11 is 0. The maximum atomic E-state index is 8.87. The standard InChI is InChI=1S/C21H14N6/c1-27-14-18(13-25-27)26-21-10-19-17(12-24-21)8-9-23-20(19)7-6-15-2-4-16(11-22)5-3-15/h2-5,8-10,12-14H,1H3,(H,24,26). The van der Waals surface area contributed by atoms with E-state index in [1.165, 1.54) is 0 Å². The van der Waals surface area contributed by atoms with E-state index < -0.39 is 0 Å². The van der Waals surface area contributed by atoms with Gasteiger partial charge in [0.05, 0.1) is 23.5 Å². The molecule has 0 fully saturated rings. The predicted molar refractivity (Wildman–Crippen MR) is 103 cm³/mol. The molecule has 6 nitrogen and oxygen atoms in total. The van der Waals surface area contributed by atoms with Gasteiger partial charge < -0.3 is 5.32 Å². The summed E-state index contributed by atoms with van der Waals surface area (Å²) in [6.07, 6.45) is 7.13. The Hall–Kier alpha value is -4.16. The number of fused-ring (bicyclic) bond motifs is 1. The van der Waals surface area contributed by atoms with Crippen LogP contribution in [-0.4, -0.2) is 19.7 Å². The van der Waals surface area contributed by atoms with Crippen molar-refractivity contribution in [3.8, 4) is 17.9 Å². The molecule has 0 unspecified atom stereocenters. The first-order valence-electron chi connectivity index (χ1n) is 8.24. The summed E-state index contributed by atoms with van der Waals surface area (Å²) in [5, 5.41) is 18.1. The first kappa shape index (κ1) is 16.3. The number of anilines is 2. The van der Waals surface area contributed by atoms with Crippen molar-refractivity contribution in [2.75, 3.05) is 5.32 Å². The van der Waals surface area contributed by atoms with Gasteiger partial charge in [-0.25, -0.2) is 9.97 Å². The van der Waals surface area contributed by atoms with Crippen molar-refractivity contribution in [3.05, 3.63) is 78.0 Å². The molecule has 0 amide bonds. The van der Waals surface area contributed by atoms with Crippen LogP contribution >= 0.6 is 0 Å². The fourth-order valence-corrected chi connectivity index (χ4v) is 2.63. The van der Waals surface area contributed by atoms with Gasteiger partial charge in [-0.1, -0.05) is 5.92 Å². The van der Waals surface area contributed by atoms with Gasteiger partial charge in [0.2, 0.25) is 0 Å². The minimum atomic E-state index is 0.612. The second-order valence-corrected chi connectivity index (χ2v) is 5.92. The topological polar surface area (TPSA) is 79.4 Å². The number of nitrogens with zero attached hydrogens (tertiary/aromatic N) is 5. The van der Waals surface area contributed by atoms with Gasteiger partial charge in [-0.2, -0.15) is 10.4 Å². The Morgan fingerprint density at radius 3 is 2.56 bits per heavy atom. The molecule has 0 atom stereocenters. The van der Waals surface area contributed by atoms with Crippen LogP contribution in [-0.2, 0) is 7.05 Å². The SMILES string of the molecule is Cn1cc(Nc2cc3c(C#Cc4ccc(C#N)cc4)nccc3cn2)cn1. The number of hydrogen-bond donors (Lipinski definition) is 1. The van der Waals surface area contributed by atoms with Crippen molar-refractivity contribution >= 4 is 22.3 Å². The van der Waals surface area contributed by atoms with Crippen molar-refractivity contribution in [1.29, 1.82) is 5.26 Å². The minimum Gasteiger partial charge on any atom is -0.338 e. The summed E-state index contributed by atoms with van der Waals surface area (Å²) in [6, 6.07) is 13.1. The lowest BCUT2D eigenvalue weighted by molar-refractivity contribution is 0.768. The van der Waals surface area contributed by atoms with Crippen LogP contribution < -0.4 is 5.32 Å². The molecule has 1 aromatic carbocycles. The second-order valence-electron chi connectivity index (χ2n) is 5.92. The monoisotopic (exact) mass is 350 g/mol. The molecule has 0 spiro atoms. The van der Waals surface area contributed by atoms with Crippen LogP contribution in [0.2, 0.25) is 0 Å². The average Bonchev–Trinajstić information content (AvgIpc) is 3.11. The summed E-state index contributed by atoms with van der Waals surface area (Å²) in [4.78, 5) is 8.85. The zero-order valence-corrected chi connectivity index (χ0v) is 14.5. The molecule has 0 bridgehead atoms. The third-order valence-electron chi connectivity index (χ3n) is 3.96. The molecule has 1 N–H and O–H groups in total. The van der Waals surface area contributed by atoms with Gasteiger partial charge >= 0.3 is 0 Å². The molecular formula is C21H14N6. The maximum Gasteiger partial charge on any atom is 0.131 e. The van der Waals surface area contributed by atoms with Crippen LogP contribution in [0.4, 0.5) is 11.5 Å². The van der Waals surface area contributed by atoms with Gasteiger partial charge in [0.1, 0.15) is 11.5 Å². The molecule has 0 aliphatic carbocycles. The Bertz CT molecular complexity index is 1220. The normalized spacial score (nSPS) is 10.1. The highest BCUT2D eigenvalue weighted by atomic mass is 15.3. The summed E-state index contributed by atoms with van der Waals surface area (Å²) in [5.74, 6) is 6.92. The summed E-state index contributed by atoms with van der Waals surface area (Å²) in [6.45, 7) is 0. The van der Waals surface area contributed by atoms with Crippen molar-refractivity contribution < 1.29 is 0 Å². The molecular weight excluding hydrogens is 336 g/mol. The highest BCUT2D eigenvalue weighted by Gasteiger charge is 2.04. The average molecular weight is 350 g/mol. The van der Waals surface area contributed by atoms with Gasteiger partial charge in [0.25, 0.3) is 0 Å². The lowest BCUT2D eigenvalue weighted by Gasteiger charge is -2.05. The number of rotatable bonds is 2. The molecule has 3 heterocycles. The van der Waals surface area contributed by atoms with E-state index in [-0.39, 0.29) is 0 Å².